The number of amides is 1. The minimum Gasteiger partial charge on any atom is -0.352 e. The van der Waals surface area contributed by atoms with Crippen molar-refractivity contribution in [1.29, 1.82) is 0 Å². The molecule has 1 amide bonds. The number of halogens is 1. The van der Waals surface area contributed by atoms with Gasteiger partial charge in [0.15, 0.2) is 0 Å². The van der Waals surface area contributed by atoms with Crippen LogP contribution in [0.3, 0.4) is 0 Å². The van der Waals surface area contributed by atoms with E-state index in [0.717, 1.165) is 43.1 Å². The summed E-state index contributed by atoms with van der Waals surface area (Å²) < 4.78 is 0. The second-order valence-electron chi connectivity index (χ2n) is 5.15. The van der Waals surface area contributed by atoms with Crippen LogP contribution in [0.25, 0.3) is 0 Å². The molecular formula is C15H23ClN2O. The van der Waals surface area contributed by atoms with Crippen LogP contribution in [0.4, 0.5) is 0 Å². The van der Waals surface area contributed by atoms with E-state index >= 15 is 0 Å². The Kier molecular flexibility index (Phi) is 6.32. The van der Waals surface area contributed by atoms with Crippen molar-refractivity contribution in [1.82, 2.24) is 10.6 Å². The molecule has 0 bridgehead atoms. The van der Waals surface area contributed by atoms with Crippen molar-refractivity contribution >= 4 is 18.3 Å². The van der Waals surface area contributed by atoms with Crippen molar-refractivity contribution < 1.29 is 4.79 Å². The molecule has 1 unspecified atom stereocenters. The van der Waals surface area contributed by atoms with E-state index in [-0.39, 0.29) is 18.3 Å². The summed E-state index contributed by atoms with van der Waals surface area (Å²) in [5, 5.41) is 6.37. The van der Waals surface area contributed by atoms with Crippen LogP contribution in [0, 0.1) is 19.8 Å². The minimum absolute atomic E-state index is 0. The number of nitrogens with one attached hydrogen (secondary N) is 2. The van der Waals surface area contributed by atoms with E-state index in [1.165, 1.54) is 12.0 Å². The topological polar surface area (TPSA) is 41.1 Å². The number of hydrogen-bond donors (Lipinski definition) is 2. The zero-order valence-corrected chi connectivity index (χ0v) is 12.5. The Hall–Kier alpha value is -1.06. The summed E-state index contributed by atoms with van der Waals surface area (Å²) in [6.07, 6.45) is 2.31. The van der Waals surface area contributed by atoms with Crippen LogP contribution >= 0.6 is 12.4 Å². The summed E-state index contributed by atoms with van der Waals surface area (Å²) in [6, 6.07) is 5.88. The molecule has 2 N–H and O–H groups in total. The van der Waals surface area contributed by atoms with Crippen molar-refractivity contribution in [3.63, 3.8) is 0 Å². The lowest BCUT2D eigenvalue weighted by Gasteiger charge is -2.11. The third kappa shape index (κ3) is 4.22. The van der Waals surface area contributed by atoms with Crippen LogP contribution in [-0.2, 0) is 0 Å². The van der Waals surface area contributed by atoms with E-state index in [9.17, 15) is 4.79 Å². The molecule has 3 nitrogen and oxygen atoms in total. The maximum absolute atomic E-state index is 12.1. The molecule has 1 aromatic carbocycles. The Labute approximate surface area is 121 Å². The van der Waals surface area contributed by atoms with Crippen LogP contribution < -0.4 is 10.6 Å². The molecule has 106 valence electrons. The Morgan fingerprint density at radius 2 is 2.21 bits per heavy atom. The summed E-state index contributed by atoms with van der Waals surface area (Å²) in [5.41, 5.74) is 3.06. The lowest BCUT2D eigenvalue weighted by molar-refractivity contribution is 0.0951. The van der Waals surface area contributed by atoms with E-state index in [1.54, 1.807) is 0 Å². The number of rotatable bonds is 4. The van der Waals surface area contributed by atoms with Gasteiger partial charge in [0.1, 0.15) is 0 Å². The predicted octanol–water partition coefficient (Wildman–Crippen LogP) is 2.45. The third-order valence-electron chi connectivity index (χ3n) is 3.85. The molecule has 1 fully saturated rings. The van der Waals surface area contributed by atoms with Crippen molar-refractivity contribution in [2.45, 2.75) is 26.7 Å². The Balaban J connectivity index is 0.00000180. The normalized spacial score (nSPS) is 17.9. The fraction of sp³-hybridized carbons (Fsp3) is 0.533. The highest BCUT2D eigenvalue weighted by Gasteiger charge is 2.15. The fourth-order valence-corrected chi connectivity index (χ4v) is 2.44. The van der Waals surface area contributed by atoms with Crippen molar-refractivity contribution in [2.75, 3.05) is 19.6 Å². The Bertz CT molecular complexity index is 428. The van der Waals surface area contributed by atoms with E-state index in [2.05, 4.69) is 10.6 Å². The van der Waals surface area contributed by atoms with Crippen LogP contribution in [0.2, 0.25) is 0 Å². The van der Waals surface area contributed by atoms with Gasteiger partial charge in [-0.15, -0.1) is 12.4 Å². The molecular weight excluding hydrogens is 260 g/mol. The third-order valence-corrected chi connectivity index (χ3v) is 3.85. The molecule has 0 aromatic heterocycles. The number of carbonyl (C=O) groups excluding carboxylic acids is 1. The minimum atomic E-state index is 0. The van der Waals surface area contributed by atoms with Gasteiger partial charge < -0.3 is 10.6 Å². The van der Waals surface area contributed by atoms with E-state index < -0.39 is 0 Å². The first-order chi connectivity index (χ1) is 8.68. The number of hydrogen-bond acceptors (Lipinski definition) is 2. The lowest BCUT2D eigenvalue weighted by Crippen LogP contribution is -2.27. The van der Waals surface area contributed by atoms with Gasteiger partial charge in [-0.1, -0.05) is 12.1 Å². The molecule has 0 saturated carbocycles. The van der Waals surface area contributed by atoms with E-state index in [1.807, 2.05) is 32.0 Å². The zero-order chi connectivity index (χ0) is 13.0. The molecule has 1 saturated heterocycles. The first-order valence-corrected chi connectivity index (χ1v) is 6.73. The summed E-state index contributed by atoms with van der Waals surface area (Å²) in [6.45, 7) is 7.04. The van der Waals surface area contributed by atoms with Crippen LogP contribution in [0.1, 0.15) is 34.3 Å². The maximum atomic E-state index is 12.1. The summed E-state index contributed by atoms with van der Waals surface area (Å²) in [5.74, 6) is 0.783. The van der Waals surface area contributed by atoms with Crippen LogP contribution in [0.5, 0.6) is 0 Å². The van der Waals surface area contributed by atoms with Crippen molar-refractivity contribution in [3.8, 4) is 0 Å². The van der Waals surface area contributed by atoms with Gasteiger partial charge in [-0.2, -0.15) is 0 Å². The molecule has 0 radical (unpaired) electrons. The molecule has 1 aliphatic heterocycles. The highest BCUT2D eigenvalue weighted by atomic mass is 35.5. The van der Waals surface area contributed by atoms with Gasteiger partial charge in [0, 0.05) is 12.1 Å². The lowest BCUT2D eigenvalue weighted by atomic mass is 10.0. The van der Waals surface area contributed by atoms with Crippen LogP contribution in [-0.4, -0.2) is 25.5 Å². The van der Waals surface area contributed by atoms with Gasteiger partial charge in [0.05, 0.1) is 0 Å². The van der Waals surface area contributed by atoms with E-state index in [0.29, 0.717) is 0 Å². The van der Waals surface area contributed by atoms with E-state index in [4.69, 9.17) is 0 Å². The van der Waals surface area contributed by atoms with Gasteiger partial charge in [-0.3, -0.25) is 4.79 Å². The van der Waals surface area contributed by atoms with Gasteiger partial charge in [-0.05, 0) is 62.9 Å². The molecule has 19 heavy (non-hydrogen) atoms. The maximum Gasteiger partial charge on any atom is 0.251 e. The molecule has 1 atom stereocenters. The number of aryl methyl sites for hydroxylation is 1. The van der Waals surface area contributed by atoms with Gasteiger partial charge in [0.2, 0.25) is 0 Å². The molecule has 2 rings (SSSR count). The second kappa shape index (κ2) is 7.51. The van der Waals surface area contributed by atoms with Crippen LogP contribution in [0.15, 0.2) is 18.2 Å². The van der Waals surface area contributed by atoms with Gasteiger partial charge in [-0.25, -0.2) is 0 Å². The fourth-order valence-electron chi connectivity index (χ4n) is 2.44. The predicted molar refractivity (Wildman–Crippen MR) is 81.1 cm³/mol. The monoisotopic (exact) mass is 282 g/mol. The number of carbonyl (C=O) groups is 1. The molecule has 4 heteroatoms. The average Bonchev–Trinajstić information content (AvgIpc) is 2.85. The molecule has 1 aliphatic rings. The standard InChI is InChI=1S/C15H22N2O.ClH/c1-11-4-3-5-14(12(11)2)15(18)17-9-7-13-6-8-16-10-13;/h3-5,13,16H,6-10H2,1-2H3,(H,17,18);1H. The summed E-state index contributed by atoms with van der Waals surface area (Å²) in [4.78, 5) is 12.1. The smallest absolute Gasteiger partial charge is 0.251 e. The summed E-state index contributed by atoms with van der Waals surface area (Å²) in [7, 11) is 0. The first-order valence-electron chi connectivity index (χ1n) is 6.73. The molecule has 0 spiro atoms. The molecule has 1 aromatic rings. The quantitative estimate of drug-likeness (QED) is 0.891. The highest BCUT2D eigenvalue weighted by molar-refractivity contribution is 5.95. The summed E-state index contributed by atoms with van der Waals surface area (Å²) >= 11 is 0. The molecule has 1 heterocycles. The zero-order valence-electron chi connectivity index (χ0n) is 11.7. The number of benzene rings is 1. The van der Waals surface area contributed by atoms with Gasteiger partial charge in [0.25, 0.3) is 5.91 Å². The van der Waals surface area contributed by atoms with Crippen molar-refractivity contribution in [3.05, 3.63) is 34.9 Å². The first kappa shape index (κ1) is 16.0. The largest absolute Gasteiger partial charge is 0.352 e. The Morgan fingerprint density at radius 3 is 2.89 bits per heavy atom. The molecule has 0 aliphatic carbocycles. The average molecular weight is 283 g/mol. The van der Waals surface area contributed by atoms with Gasteiger partial charge >= 0.3 is 0 Å². The van der Waals surface area contributed by atoms with Crippen molar-refractivity contribution in [2.24, 2.45) is 5.92 Å². The SMILES string of the molecule is Cc1cccc(C(=O)NCCC2CCNC2)c1C.Cl. The Morgan fingerprint density at radius 1 is 1.42 bits per heavy atom. The second-order valence-corrected chi connectivity index (χ2v) is 5.15. The highest BCUT2D eigenvalue weighted by Crippen LogP contribution is 2.13.